The number of carboxylic acid groups (broad SMARTS) is 1. The number of unbranched alkanes of at least 4 members (excludes halogenated alkanes) is 3. The Labute approximate surface area is 179 Å². The van der Waals surface area contributed by atoms with Crippen LogP contribution in [0.5, 0.6) is 0 Å². The lowest BCUT2D eigenvalue weighted by Crippen LogP contribution is -2.27. The smallest absolute Gasteiger partial charge is 0.303 e. The van der Waals surface area contributed by atoms with Crippen molar-refractivity contribution in [3.8, 4) is 0 Å². The molecule has 2 aromatic rings. The van der Waals surface area contributed by atoms with Crippen molar-refractivity contribution in [3.63, 3.8) is 0 Å². The molecule has 0 unspecified atom stereocenters. The van der Waals surface area contributed by atoms with Crippen LogP contribution in [0.2, 0.25) is 0 Å². The van der Waals surface area contributed by atoms with E-state index in [-0.39, 0.29) is 19.3 Å². The molecule has 0 aliphatic heterocycles. The fourth-order valence-corrected chi connectivity index (χ4v) is 5.72. The summed E-state index contributed by atoms with van der Waals surface area (Å²) in [5, 5.41) is 30.5. The van der Waals surface area contributed by atoms with Gasteiger partial charge >= 0.3 is 5.97 Å². The lowest BCUT2D eigenvalue weighted by molar-refractivity contribution is -0.137. The van der Waals surface area contributed by atoms with Gasteiger partial charge in [0, 0.05) is 28.3 Å². The number of aliphatic hydroxyl groups is 2. The van der Waals surface area contributed by atoms with Gasteiger partial charge < -0.3 is 15.3 Å². The molecule has 3 N–H and O–H groups in total. The fraction of sp³-hybridized carbons (Fsp3) is 0.609. The Hall–Kier alpha value is -1.57. The van der Waals surface area contributed by atoms with E-state index in [1.54, 1.807) is 0 Å². The zero-order chi connectivity index (χ0) is 21.7. The van der Waals surface area contributed by atoms with Crippen LogP contribution in [0.25, 0.3) is 10.1 Å². The number of benzene rings is 1. The maximum absolute atomic E-state index is 14.5. The predicted octanol–water partition coefficient (Wildman–Crippen LogP) is 5.77. The summed E-state index contributed by atoms with van der Waals surface area (Å²) in [6.45, 7) is 0. The summed E-state index contributed by atoms with van der Waals surface area (Å²) in [5.41, 5.74) is 0. The molecule has 1 saturated carbocycles. The molecule has 7 heteroatoms. The predicted molar refractivity (Wildman–Crippen MR) is 114 cm³/mol. The van der Waals surface area contributed by atoms with Crippen LogP contribution in [-0.4, -0.2) is 33.3 Å². The average Bonchev–Trinajstić information content (AvgIpc) is 3.20. The van der Waals surface area contributed by atoms with Gasteiger partial charge in [-0.15, -0.1) is 11.3 Å². The highest BCUT2D eigenvalue weighted by Gasteiger charge is 2.53. The molecular formula is C23H30F2O4S. The highest BCUT2D eigenvalue weighted by Crippen LogP contribution is 2.49. The summed E-state index contributed by atoms with van der Waals surface area (Å²) >= 11 is 1.48. The number of carboxylic acids is 1. The molecule has 1 aromatic heterocycles. The van der Waals surface area contributed by atoms with Crippen molar-refractivity contribution in [2.75, 3.05) is 0 Å². The van der Waals surface area contributed by atoms with Crippen molar-refractivity contribution in [3.05, 3.63) is 35.2 Å². The molecule has 4 atom stereocenters. The first-order valence-electron chi connectivity index (χ1n) is 10.7. The van der Waals surface area contributed by atoms with Crippen molar-refractivity contribution >= 4 is 27.4 Å². The number of hydrogen-bond donors (Lipinski definition) is 3. The van der Waals surface area contributed by atoms with Gasteiger partial charge in [-0.1, -0.05) is 37.5 Å². The van der Waals surface area contributed by atoms with Gasteiger partial charge in [-0.05, 0) is 49.1 Å². The van der Waals surface area contributed by atoms with E-state index in [1.165, 1.54) is 11.3 Å². The average molecular weight is 441 g/mol. The summed E-state index contributed by atoms with van der Waals surface area (Å²) in [7, 11) is 0. The highest BCUT2D eigenvalue weighted by atomic mass is 32.1. The van der Waals surface area contributed by atoms with Crippen LogP contribution in [-0.2, 0) is 4.79 Å². The SMILES string of the molecule is O=C(O)CCCCCC[C@@H]1[C@@H](CC[C@@H](O)c2cc3ccccc3s2)C(F)(F)C[C@@H]1O. The molecule has 1 fully saturated rings. The third kappa shape index (κ3) is 5.77. The van der Waals surface area contributed by atoms with Gasteiger partial charge in [-0.2, -0.15) is 0 Å². The minimum atomic E-state index is -2.92. The quantitative estimate of drug-likeness (QED) is 0.388. The molecule has 0 bridgehead atoms. The summed E-state index contributed by atoms with van der Waals surface area (Å²) in [6, 6.07) is 9.72. The van der Waals surface area contributed by atoms with Gasteiger partial charge in [0.15, 0.2) is 0 Å². The van der Waals surface area contributed by atoms with Crippen LogP contribution in [0.4, 0.5) is 8.78 Å². The number of carbonyl (C=O) groups is 1. The second kappa shape index (κ2) is 10.2. The van der Waals surface area contributed by atoms with E-state index in [2.05, 4.69) is 0 Å². The molecule has 4 nitrogen and oxygen atoms in total. The van der Waals surface area contributed by atoms with Crippen molar-refractivity contribution in [2.24, 2.45) is 11.8 Å². The lowest BCUT2D eigenvalue weighted by Gasteiger charge is -2.26. The van der Waals surface area contributed by atoms with Gasteiger partial charge in [0.25, 0.3) is 5.92 Å². The Balaban J connectivity index is 1.53. The summed E-state index contributed by atoms with van der Waals surface area (Å²) in [6.07, 6.45) is 1.54. The zero-order valence-electron chi connectivity index (χ0n) is 17.0. The Morgan fingerprint density at radius 2 is 1.90 bits per heavy atom. The van der Waals surface area contributed by atoms with Crippen LogP contribution in [0, 0.1) is 11.8 Å². The van der Waals surface area contributed by atoms with E-state index in [9.17, 15) is 23.8 Å². The maximum Gasteiger partial charge on any atom is 0.303 e. The van der Waals surface area contributed by atoms with E-state index in [1.807, 2.05) is 30.3 Å². The van der Waals surface area contributed by atoms with Crippen LogP contribution in [0.1, 0.15) is 68.8 Å². The standard InChI is InChI=1S/C23H30F2O4S/c24-23(25)14-19(27)16(8-3-1-2-4-10-22(28)29)17(23)11-12-18(26)21-13-15-7-5-6-9-20(15)30-21/h5-7,9,13,16-19,26-27H,1-4,8,10-12,14H2,(H,28,29)/t16-,17-,18-,19+/m1/s1. The van der Waals surface area contributed by atoms with Gasteiger partial charge in [0.1, 0.15) is 0 Å². The third-order valence-electron chi connectivity index (χ3n) is 6.24. The minimum absolute atomic E-state index is 0.127. The molecule has 0 radical (unpaired) electrons. The van der Waals surface area contributed by atoms with Crippen molar-refractivity contribution < 1.29 is 28.9 Å². The van der Waals surface area contributed by atoms with Crippen LogP contribution < -0.4 is 0 Å². The highest BCUT2D eigenvalue weighted by molar-refractivity contribution is 7.19. The lowest BCUT2D eigenvalue weighted by atomic mass is 9.84. The summed E-state index contributed by atoms with van der Waals surface area (Å²) < 4.78 is 30.2. The number of thiophene rings is 1. The van der Waals surface area contributed by atoms with E-state index >= 15 is 0 Å². The number of halogens is 2. The normalized spacial score (nSPS) is 24.3. The van der Waals surface area contributed by atoms with Crippen LogP contribution in [0.3, 0.4) is 0 Å². The Morgan fingerprint density at radius 1 is 1.17 bits per heavy atom. The molecular weight excluding hydrogens is 410 g/mol. The van der Waals surface area contributed by atoms with Gasteiger partial charge in [-0.3, -0.25) is 4.79 Å². The third-order valence-corrected chi connectivity index (χ3v) is 7.45. The number of rotatable bonds is 11. The van der Waals surface area contributed by atoms with Gasteiger partial charge in [0.05, 0.1) is 12.2 Å². The molecule has 1 aliphatic rings. The van der Waals surface area contributed by atoms with Crippen molar-refractivity contribution in [1.29, 1.82) is 0 Å². The topological polar surface area (TPSA) is 77.8 Å². The number of hydrogen-bond acceptors (Lipinski definition) is 4. The Morgan fingerprint density at radius 3 is 2.63 bits per heavy atom. The second-order valence-electron chi connectivity index (χ2n) is 8.43. The first kappa shape index (κ1) is 23.1. The molecule has 3 rings (SSSR count). The maximum atomic E-state index is 14.5. The largest absolute Gasteiger partial charge is 0.481 e. The molecule has 30 heavy (non-hydrogen) atoms. The monoisotopic (exact) mass is 440 g/mol. The minimum Gasteiger partial charge on any atom is -0.481 e. The molecule has 166 valence electrons. The van der Waals surface area contributed by atoms with E-state index < -0.39 is 42.4 Å². The molecule has 1 heterocycles. The fourth-order valence-electron chi connectivity index (χ4n) is 4.64. The molecule has 1 aromatic carbocycles. The first-order chi connectivity index (χ1) is 14.3. The first-order valence-corrected chi connectivity index (χ1v) is 11.5. The zero-order valence-corrected chi connectivity index (χ0v) is 17.8. The number of aliphatic hydroxyl groups excluding tert-OH is 2. The van der Waals surface area contributed by atoms with Gasteiger partial charge in [-0.25, -0.2) is 8.78 Å². The Kier molecular flexibility index (Phi) is 7.82. The van der Waals surface area contributed by atoms with E-state index in [4.69, 9.17) is 5.11 Å². The van der Waals surface area contributed by atoms with E-state index in [0.717, 1.165) is 27.8 Å². The summed E-state index contributed by atoms with van der Waals surface area (Å²) in [4.78, 5) is 11.3. The van der Waals surface area contributed by atoms with Crippen LogP contribution >= 0.6 is 11.3 Å². The molecule has 0 spiro atoms. The van der Waals surface area contributed by atoms with E-state index in [0.29, 0.717) is 19.3 Å². The van der Waals surface area contributed by atoms with Crippen molar-refractivity contribution in [1.82, 2.24) is 0 Å². The number of fused-ring (bicyclic) bond motifs is 1. The van der Waals surface area contributed by atoms with Gasteiger partial charge in [0.2, 0.25) is 0 Å². The molecule has 0 amide bonds. The second-order valence-corrected chi connectivity index (χ2v) is 9.54. The molecule has 0 saturated heterocycles. The van der Waals surface area contributed by atoms with Crippen LogP contribution in [0.15, 0.2) is 30.3 Å². The van der Waals surface area contributed by atoms with Crippen molar-refractivity contribution in [2.45, 2.75) is 75.9 Å². The summed E-state index contributed by atoms with van der Waals surface area (Å²) in [5.74, 6) is -5.16. The molecule has 1 aliphatic carbocycles. The number of alkyl halides is 2. The Bertz CT molecular complexity index is 804. The number of aliphatic carboxylic acids is 1.